The van der Waals surface area contributed by atoms with Gasteiger partial charge in [0, 0.05) is 30.4 Å². The number of carbonyl (C=O) groups is 1. The van der Waals surface area contributed by atoms with Gasteiger partial charge in [-0.25, -0.2) is 4.79 Å². The van der Waals surface area contributed by atoms with E-state index in [4.69, 9.17) is 14.2 Å². The first-order chi connectivity index (χ1) is 15.1. The van der Waals surface area contributed by atoms with E-state index in [1.165, 1.54) is 0 Å². The Balaban J connectivity index is 1.13. The number of carbonyl (C=O) groups excluding carboxylic acids is 1. The molecule has 4 fully saturated rings. The zero-order chi connectivity index (χ0) is 21.4. The quantitative estimate of drug-likeness (QED) is 0.703. The van der Waals surface area contributed by atoms with Gasteiger partial charge in [-0.15, -0.1) is 0 Å². The van der Waals surface area contributed by atoms with Gasteiger partial charge in [-0.1, -0.05) is 6.92 Å². The Hall–Kier alpha value is -2.33. The van der Waals surface area contributed by atoms with Crippen LogP contribution in [0.1, 0.15) is 70.3 Å². The van der Waals surface area contributed by atoms with Crippen molar-refractivity contribution in [3.8, 4) is 11.8 Å². The Morgan fingerprint density at radius 1 is 1.10 bits per heavy atom. The van der Waals surface area contributed by atoms with Crippen molar-refractivity contribution in [2.75, 3.05) is 0 Å². The number of amides is 1. The van der Waals surface area contributed by atoms with Crippen LogP contribution in [0.3, 0.4) is 0 Å². The Bertz CT molecular complexity index is 843. The van der Waals surface area contributed by atoms with Gasteiger partial charge in [0.1, 0.15) is 23.5 Å². The van der Waals surface area contributed by atoms with E-state index in [0.29, 0.717) is 17.2 Å². The summed E-state index contributed by atoms with van der Waals surface area (Å²) in [6, 6.07) is 4.41. The Morgan fingerprint density at radius 3 is 2.58 bits per heavy atom. The number of nitriles is 1. The summed E-state index contributed by atoms with van der Waals surface area (Å²) in [6.45, 7) is 2.23. The van der Waals surface area contributed by atoms with Crippen LogP contribution in [0.2, 0.25) is 0 Å². The molecule has 1 amide bonds. The second-order valence-corrected chi connectivity index (χ2v) is 9.56. The first-order valence-electron chi connectivity index (χ1n) is 11.8. The number of ether oxygens (including phenoxy) is 3. The molecule has 1 aromatic heterocycles. The smallest absolute Gasteiger partial charge is 0.410 e. The normalized spacial score (nSPS) is 34.8. The third-order valence-corrected chi connectivity index (χ3v) is 7.43. The molecule has 2 bridgehead atoms. The summed E-state index contributed by atoms with van der Waals surface area (Å²) in [4.78, 5) is 18.6. The maximum Gasteiger partial charge on any atom is 0.410 e. The molecule has 166 valence electrons. The topological polar surface area (TPSA) is 84.7 Å². The molecule has 1 aromatic rings. The molecule has 31 heavy (non-hydrogen) atoms. The predicted octanol–water partition coefficient (Wildman–Crippen LogP) is 4.20. The van der Waals surface area contributed by atoms with Crippen molar-refractivity contribution in [3.63, 3.8) is 0 Å². The molecule has 1 unspecified atom stereocenters. The summed E-state index contributed by atoms with van der Waals surface area (Å²) in [5.74, 6) is 0.951. The number of piperidine rings is 1. The fraction of sp³-hybridized carbons (Fsp3) is 0.708. The third kappa shape index (κ3) is 4.36. The molecule has 0 aromatic carbocycles. The van der Waals surface area contributed by atoms with E-state index in [1.807, 2.05) is 4.90 Å². The van der Waals surface area contributed by atoms with Gasteiger partial charge in [-0.2, -0.15) is 5.26 Å². The summed E-state index contributed by atoms with van der Waals surface area (Å²) in [5.41, 5.74) is 0.483. The van der Waals surface area contributed by atoms with Crippen molar-refractivity contribution in [1.82, 2.24) is 9.88 Å². The fourth-order valence-electron chi connectivity index (χ4n) is 5.52. The minimum atomic E-state index is -0.106. The average Bonchev–Trinajstić information content (AvgIpc) is 3.52. The van der Waals surface area contributed by atoms with Crippen molar-refractivity contribution in [1.29, 1.82) is 5.26 Å². The molecule has 0 radical (unpaired) electrons. The van der Waals surface area contributed by atoms with Crippen LogP contribution in [0, 0.1) is 17.2 Å². The number of aromatic nitrogens is 1. The summed E-state index contributed by atoms with van der Waals surface area (Å²) < 4.78 is 18.3. The summed E-state index contributed by atoms with van der Waals surface area (Å²) in [6.07, 6.45) is 12.6. The highest BCUT2D eigenvalue weighted by Crippen LogP contribution is 2.42. The van der Waals surface area contributed by atoms with Gasteiger partial charge in [-0.05, 0) is 63.9 Å². The minimum Gasteiger partial charge on any atom is -0.489 e. The molecule has 4 aliphatic rings. The predicted molar refractivity (Wildman–Crippen MR) is 112 cm³/mol. The maximum absolute atomic E-state index is 12.6. The lowest BCUT2D eigenvalue weighted by Crippen LogP contribution is -2.54. The lowest BCUT2D eigenvalue weighted by Gasteiger charge is -2.44. The van der Waals surface area contributed by atoms with E-state index in [0.717, 1.165) is 57.8 Å². The second kappa shape index (κ2) is 8.66. The van der Waals surface area contributed by atoms with Crippen LogP contribution < -0.4 is 4.74 Å². The van der Waals surface area contributed by atoms with Gasteiger partial charge < -0.3 is 19.1 Å². The van der Waals surface area contributed by atoms with Crippen LogP contribution in [0.15, 0.2) is 18.5 Å². The lowest BCUT2D eigenvalue weighted by molar-refractivity contribution is -0.103. The van der Waals surface area contributed by atoms with Crippen LogP contribution in [0.5, 0.6) is 5.75 Å². The van der Waals surface area contributed by atoms with Crippen molar-refractivity contribution < 1.29 is 19.0 Å². The number of nitrogens with zero attached hydrogens (tertiary/aromatic N) is 3. The van der Waals surface area contributed by atoms with Crippen LogP contribution in [0.25, 0.3) is 0 Å². The number of fused-ring (bicyclic) bond motifs is 2. The SMILES string of the molecule is CC1[C@@H](OC2CCC(Oc3ccncc3C#N)CC2)C[C@@H]2CC[C@H]1N2C(=O)OC1CC1. The molecule has 2 saturated heterocycles. The van der Waals surface area contributed by atoms with Crippen molar-refractivity contribution in [2.24, 2.45) is 5.92 Å². The molecule has 4 atom stereocenters. The fourth-order valence-corrected chi connectivity index (χ4v) is 5.52. The van der Waals surface area contributed by atoms with Crippen LogP contribution in [0.4, 0.5) is 4.79 Å². The van der Waals surface area contributed by atoms with Gasteiger partial charge in [0.25, 0.3) is 0 Å². The molecule has 3 heterocycles. The highest BCUT2D eigenvalue weighted by atomic mass is 16.6. The molecule has 2 aliphatic carbocycles. The van der Waals surface area contributed by atoms with Gasteiger partial charge in [0.2, 0.25) is 0 Å². The van der Waals surface area contributed by atoms with Crippen molar-refractivity contribution in [2.45, 2.75) is 101 Å². The molecule has 7 nitrogen and oxygen atoms in total. The Labute approximate surface area is 183 Å². The molecular formula is C24H31N3O4. The lowest BCUT2D eigenvalue weighted by atomic mass is 9.88. The van der Waals surface area contributed by atoms with Crippen molar-refractivity contribution >= 4 is 6.09 Å². The highest BCUT2D eigenvalue weighted by Gasteiger charge is 2.49. The monoisotopic (exact) mass is 425 g/mol. The summed E-state index contributed by atoms with van der Waals surface area (Å²) >= 11 is 0. The van der Waals surface area contributed by atoms with Crippen molar-refractivity contribution in [3.05, 3.63) is 24.0 Å². The van der Waals surface area contributed by atoms with Crippen LogP contribution >= 0.6 is 0 Å². The van der Waals surface area contributed by atoms with Crippen LogP contribution in [-0.2, 0) is 9.47 Å². The zero-order valence-electron chi connectivity index (χ0n) is 18.1. The van der Waals surface area contributed by atoms with Gasteiger partial charge in [0.15, 0.2) is 0 Å². The van der Waals surface area contributed by atoms with Gasteiger partial charge in [-0.3, -0.25) is 4.98 Å². The molecule has 0 N–H and O–H groups in total. The Kier molecular flexibility index (Phi) is 5.75. The van der Waals surface area contributed by atoms with E-state index >= 15 is 0 Å². The first kappa shape index (κ1) is 20.6. The maximum atomic E-state index is 12.6. The van der Waals surface area contributed by atoms with E-state index in [2.05, 4.69) is 18.0 Å². The van der Waals surface area contributed by atoms with Gasteiger partial charge >= 0.3 is 6.09 Å². The zero-order valence-corrected chi connectivity index (χ0v) is 18.1. The largest absolute Gasteiger partial charge is 0.489 e. The molecule has 5 rings (SSSR count). The number of pyridine rings is 1. The van der Waals surface area contributed by atoms with E-state index < -0.39 is 0 Å². The first-order valence-corrected chi connectivity index (χ1v) is 11.8. The molecule has 2 aliphatic heterocycles. The van der Waals surface area contributed by atoms with E-state index in [-0.39, 0.29) is 42.6 Å². The van der Waals surface area contributed by atoms with Crippen LogP contribution in [-0.4, -0.2) is 52.5 Å². The highest BCUT2D eigenvalue weighted by molar-refractivity contribution is 5.69. The second-order valence-electron chi connectivity index (χ2n) is 9.56. The average molecular weight is 426 g/mol. The number of rotatable bonds is 5. The number of hydrogen-bond acceptors (Lipinski definition) is 6. The molecule has 7 heteroatoms. The standard InChI is InChI=1S/C24H31N3O4/c1-15-21-9-2-17(27(21)24(28)31-20-7-8-20)12-23(15)30-19-5-3-18(4-6-19)29-22-10-11-26-14-16(22)13-25/h10-11,14-15,17-21,23H,2-9,12H2,1H3/t15?,17-,18?,19?,21+,23-/m0/s1. The molecule has 2 saturated carbocycles. The molecular weight excluding hydrogens is 394 g/mol. The minimum absolute atomic E-state index is 0.106. The van der Waals surface area contributed by atoms with Gasteiger partial charge in [0.05, 0.1) is 18.3 Å². The van der Waals surface area contributed by atoms with E-state index in [1.54, 1.807) is 18.5 Å². The van der Waals surface area contributed by atoms with E-state index in [9.17, 15) is 10.1 Å². The Morgan fingerprint density at radius 2 is 1.84 bits per heavy atom. The third-order valence-electron chi connectivity index (χ3n) is 7.43. The number of hydrogen-bond donors (Lipinski definition) is 0. The summed E-state index contributed by atoms with van der Waals surface area (Å²) in [5, 5.41) is 9.22. The molecule has 0 spiro atoms. The summed E-state index contributed by atoms with van der Waals surface area (Å²) in [7, 11) is 0.